The molecule has 0 spiro atoms. The summed E-state index contributed by atoms with van der Waals surface area (Å²) in [6.45, 7) is 4.23. The lowest BCUT2D eigenvalue weighted by molar-refractivity contribution is 0.184. The van der Waals surface area contributed by atoms with Crippen molar-refractivity contribution in [1.29, 1.82) is 5.26 Å². The first kappa shape index (κ1) is 22.1. The summed E-state index contributed by atoms with van der Waals surface area (Å²) in [6.07, 6.45) is 7.45. The number of ether oxygens (including phenoxy) is 2. The molecule has 0 aliphatic rings. The lowest BCUT2D eigenvalue weighted by atomic mass is 10.1. The van der Waals surface area contributed by atoms with E-state index in [1.165, 1.54) is 0 Å². The van der Waals surface area contributed by atoms with Crippen molar-refractivity contribution in [3.63, 3.8) is 0 Å². The summed E-state index contributed by atoms with van der Waals surface area (Å²) in [7, 11) is 1.65. The number of benzene rings is 2. The highest BCUT2D eigenvalue weighted by atomic mass is 16.5. The largest absolute Gasteiger partial charge is 0.493 e. The van der Waals surface area contributed by atoms with Gasteiger partial charge in [-0.15, -0.1) is 0 Å². The minimum Gasteiger partial charge on any atom is -0.493 e. The smallest absolute Gasteiger partial charge is 0.168 e. The van der Waals surface area contributed by atoms with E-state index in [-0.39, 0.29) is 6.10 Å². The molecule has 0 fully saturated rings. The minimum absolute atomic E-state index is 0.112. The molecular weight excluding hydrogens is 412 g/mol. The van der Waals surface area contributed by atoms with Crippen LogP contribution in [0.2, 0.25) is 0 Å². The molecule has 166 valence electrons. The van der Waals surface area contributed by atoms with Gasteiger partial charge in [-0.2, -0.15) is 5.26 Å². The molecule has 4 rings (SSSR count). The monoisotopic (exact) mass is 438 g/mol. The van der Waals surface area contributed by atoms with Crippen LogP contribution in [-0.2, 0) is 0 Å². The maximum Gasteiger partial charge on any atom is 0.168 e. The van der Waals surface area contributed by atoms with E-state index in [2.05, 4.69) is 24.9 Å². The Morgan fingerprint density at radius 1 is 1.03 bits per heavy atom. The van der Waals surface area contributed by atoms with E-state index in [1.54, 1.807) is 19.4 Å². The van der Waals surface area contributed by atoms with E-state index in [9.17, 15) is 0 Å². The lowest BCUT2D eigenvalue weighted by Gasteiger charge is -2.19. The van der Waals surface area contributed by atoms with E-state index >= 15 is 0 Å². The van der Waals surface area contributed by atoms with E-state index in [4.69, 9.17) is 19.7 Å². The van der Waals surface area contributed by atoms with E-state index < -0.39 is 0 Å². The first-order chi connectivity index (χ1) is 16.2. The highest BCUT2D eigenvalue weighted by Gasteiger charge is 2.15. The molecule has 0 aliphatic heterocycles. The molecule has 0 aliphatic carbocycles. The molecule has 2 aromatic carbocycles. The SMILES string of the molecule is CCC(CC)Oc1c(/C=C/c2nc3ccccc3n2-c2ccc(C#N)cn2)cccc1OC. The maximum atomic E-state index is 9.12. The third-order valence-corrected chi connectivity index (χ3v) is 5.53. The standard InChI is InChI=1S/C27H26N4O2/c1-4-21(5-2)33-27-20(9-8-12-24(27)32-3)14-16-26-30-22-10-6-7-11-23(22)31(26)25-15-13-19(17-28)18-29-25/h6-16,18,21H,4-5H2,1-3H3/b16-14+. The van der Waals surface area contributed by atoms with Gasteiger partial charge < -0.3 is 9.47 Å². The average molecular weight is 439 g/mol. The number of hydrogen-bond donors (Lipinski definition) is 0. The van der Waals surface area contributed by atoms with Gasteiger partial charge in [-0.05, 0) is 55.3 Å². The Morgan fingerprint density at radius 2 is 1.85 bits per heavy atom. The molecule has 33 heavy (non-hydrogen) atoms. The summed E-state index contributed by atoms with van der Waals surface area (Å²) in [5.74, 6) is 2.85. The molecule has 0 atom stereocenters. The Kier molecular flexibility index (Phi) is 6.70. The third kappa shape index (κ3) is 4.58. The van der Waals surface area contributed by atoms with Crippen LogP contribution < -0.4 is 9.47 Å². The third-order valence-electron chi connectivity index (χ3n) is 5.53. The van der Waals surface area contributed by atoms with Crippen molar-refractivity contribution >= 4 is 23.2 Å². The molecule has 6 nitrogen and oxygen atoms in total. The Bertz CT molecular complexity index is 1310. The quantitative estimate of drug-likeness (QED) is 0.335. The van der Waals surface area contributed by atoms with Crippen LogP contribution in [0.5, 0.6) is 11.5 Å². The normalized spacial score (nSPS) is 11.2. The number of pyridine rings is 1. The molecule has 4 aromatic rings. The van der Waals surface area contributed by atoms with E-state index in [1.807, 2.05) is 65.3 Å². The van der Waals surface area contributed by atoms with Crippen LogP contribution in [0.4, 0.5) is 0 Å². The Hall–Kier alpha value is -4.11. The topological polar surface area (TPSA) is 73.0 Å². The molecule has 0 bridgehead atoms. The first-order valence-electron chi connectivity index (χ1n) is 11.0. The summed E-state index contributed by atoms with van der Waals surface area (Å²) >= 11 is 0. The highest BCUT2D eigenvalue weighted by molar-refractivity contribution is 5.82. The van der Waals surface area contributed by atoms with Crippen molar-refractivity contribution in [2.24, 2.45) is 0 Å². The maximum absolute atomic E-state index is 9.12. The zero-order chi connectivity index (χ0) is 23.2. The number of para-hydroxylation sites is 3. The van der Waals surface area contributed by atoms with Crippen LogP contribution in [0.15, 0.2) is 60.8 Å². The summed E-state index contributed by atoms with van der Waals surface area (Å²) < 4.78 is 13.9. The van der Waals surface area contributed by atoms with E-state index in [0.717, 1.165) is 41.0 Å². The van der Waals surface area contributed by atoms with Crippen molar-refractivity contribution in [3.8, 4) is 23.4 Å². The van der Waals surface area contributed by atoms with Crippen molar-refractivity contribution in [2.45, 2.75) is 32.8 Å². The number of imidazole rings is 1. The molecule has 0 saturated heterocycles. The second kappa shape index (κ2) is 10.0. The fourth-order valence-corrected chi connectivity index (χ4v) is 3.72. The molecule has 2 heterocycles. The van der Waals surface area contributed by atoms with Gasteiger partial charge in [0.1, 0.15) is 17.7 Å². The summed E-state index contributed by atoms with van der Waals surface area (Å²) in [4.78, 5) is 9.30. The van der Waals surface area contributed by atoms with Crippen LogP contribution >= 0.6 is 0 Å². The second-order valence-corrected chi connectivity index (χ2v) is 7.58. The number of nitriles is 1. The number of hydrogen-bond acceptors (Lipinski definition) is 5. The number of methoxy groups -OCH3 is 1. The van der Waals surface area contributed by atoms with Gasteiger partial charge in [0.2, 0.25) is 0 Å². The molecule has 0 amide bonds. The van der Waals surface area contributed by atoms with Crippen molar-refractivity contribution < 1.29 is 9.47 Å². The zero-order valence-electron chi connectivity index (χ0n) is 19.0. The zero-order valence-corrected chi connectivity index (χ0v) is 19.0. The molecule has 0 saturated carbocycles. The predicted molar refractivity (Wildman–Crippen MR) is 130 cm³/mol. The van der Waals surface area contributed by atoms with Gasteiger partial charge in [-0.3, -0.25) is 4.57 Å². The first-order valence-corrected chi connectivity index (χ1v) is 11.0. The van der Waals surface area contributed by atoms with Gasteiger partial charge >= 0.3 is 0 Å². The van der Waals surface area contributed by atoms with Crippen LogP contribution in [-0.4, -0.2) is 27.7 Å². The summed E-state index contributed by atoms with van der Waals surface area (Å²) in [6, 6.07) is 19.5. The van der Waals surface area contributed by atoms with Crippen LogP contribution in [0.25, 0.3) is 29.0 Å². The number of aromatic nitrogens is 3. The van der Waals surface area contributed by atoms with Crippen molar-refractivity contribution in [3.05, 3.63) is 77.7 Å². The lowest BCUT2D eigenvalue weighted by Crippen LogP contribution is -2.14. The predicted octanol–water partition coefficient (Wildman–Crippen LogP) is 6.04. The highest BCUT2D eigenvalue weighted by Crippen LogP contribution is 2.34. The van der Waals surface area contributed by atoms with Gasteiger partial charge in [0.05, 0.1) is 29.8 Å². The Morgan fingerprint density at radius 3 is 2.55 bits per heavy atom. The molecular formula is C27H26N4O2. The van der Waals surface area contributed by atoms with Crippen molar-refractivity contribution in [2.75, 3.05) is 7.11 Å². The molecule has 2 aromatic heterocycles. The summed E-state index contributed by atoms with van der Waals surface area (Å²) in [5.41, 5.74) is 3.23. The fraction of sp³-hybridized carbons (Fsp3) is 0.222. The molecule has 0 N–H and O–H groups in total. The molecule has 0 radical (unpaired) electrons. The van der Waals surface area contributed by atoms with Gasteiger partial charge in [0.15, 0.2) is 11.5 Å². The second-order valence-electron chi connectivity index (χ2n) is 7.58. The van der Waals surface area contributed by atoms with Crippen LogP contribution in [0.1, 0.15) is 43.6 Å². The fourth-order valence-electron chi connectivity index (χ4n) is 3.72. The average Bonchev–Trinajstić information content (AvgIpc) is 3.24. The number of rotatable bonds is 8. The summed E-state index contributed by atoms with van der Waals surface area (Å²) in [5, 5.41) is 9.12. The van der Waals surface area contributed by atoms with Gasteiger partial charge in [-0.1, -0.05) is 38.1 Å². The van der Waals surface area contributed by atoms with Gasteiger partial charge in [0.25, 0.3) is 0 Å². The van der Waals surface area contributed by atoms with E-state index in [0.29, 0.717) is 17.1 Å². The minimum atomic E-state index is 0.112. The number of fused-ring (bicyclic) bond motifs is 1. The number of nitrogens with zero attached hydrogens (tertiary/aromatic N) is 4. The molecule has 0 unspecified atom stereocenters. The van der Waals surface area contributed by atoms with Crippen LogP contribution in [0.3, 0.4) is 0 Å². The Balaban J connectivity index is 1.80. The van der Waals surface area contributed by atoms with Crippen molar-refractivity contribution in [1.82, 2.24) is 14.5 Å². The van der Waals surface area contributed by atoms with Gasteiger partial charge in [-0.25, -0.2) is 9.97 Å². The van der Waals surface area contributed by atoms with Gasteiger partial charge in [0, 0.05) is 11.8 Å². The Labute approximate surface area is 193 Å². The van der Waals surface area contributed by atoms with Crippen LogP contribution in [0, 0.1) is 11.3 Å². The molecule has 6 heteroatoms.